The van der Waals surface area contributed by atoms with Crippen LogP contribution in [-0.2, 0) is 10.0 Å². The Bertz CT molecular complexity index is 1130. The molecule has 3 heterocycles. The van der Waals surface area contributed by atoms with Crippen LogP contribution < -0.4 is 0 Å². The normalized spacial score (nSPS) is 16.4. The van der Waals surface area contributed by atoms with Crippen LogP contribution in [-0.4, -0.2) is 54.9 Å². The number of piperazine rings is 1. The Balaban J connectivity index is 1.40. The number of nitrogens with zero attached hydrogens (tertiary/aromatic N) is 3. The highest BCUT2D eigenvalue weighted by Gasteiger charge is 2.31. The molecule has 0 saturated carbocycles. The molecule has 0 aliphatic carbocycles. The maximum Gasteiger partial charge on any atom is 0.276 e. The van der Waals surface area contributed by atoms with Crippen LogP contribution in [0.15, 0.2) is 57.3 Å². The van der Waals surface area contributed by atoms with E-state index in [1.165, 1.54) is 15.6 Å². The lowest BCUT2D eigenvalue weighted by Gasteiger charge is -2.33. The van der Waals surface area contributed by atoms with Gasteiger partial charge in [0.05, 0.1) is 9.77 Å². The van der Waals surface area contributed by atoms with Crippen molar-refractivity contribution in [1.82, 2.24) is 14.4 Å². The van der Waals surface area contributed by atoms with E-state index in [1.54, 1.807) is 23.1 Å². The zero-order chi connectivity index (χ0) is 22.0. The Hall–Kier alpha value is -2.49. The van der Waals surface area contributed by atoms with Crippen LogP contribution in [0.1, 0.15) is 42.2 Å². The minimum Gasteiger partial charge on any atom is -0.355 e. The van der Waals surface area contributed by atoms with Crippen molar-refractivity contribution in [3.8, 4) is 10.6 Å². The van der Waals surface area contributed by atoms with Crippen molar-refractivity contribution in [1.29, 1.82) is 0 Å². The Kier molecular flexibility index (Phi) is 6.27. The first-order valence-corrected chi connectivity index (χ1v) is 12.6. The minimum atomic E-state index is -3.59. The maximum absolute atomic E-state index is 13.0. The van der Waals surface area contributed by atoms with E-state index in [4.69, 9.17) is 4.52 Å². The van der Waals surface area contributed by atoms with Gasteiger partial charge in [0.2, 0.25) is 10.0 Å². The summed E-state index contributed by atoms with van der Waals surface area (Å²) in [6.07, 6.45) is 1.00. The third-order valence-corrected chi connectivity index (χ3v) is 8.52. The molecule has 0 bridgehead atoms. The lowest BCUT2D eigenvalue weighted by Crippen LogP contribution is -2.50. The number of carbonyl (C=O) groups excluding carboxylic acids is 1. The largest absolute Gasteiger partial charge is 0.355 e. The zero-order valence-electron chi connectivity index (χ0n) is 17.5. The van der Waals surface area contributed by atoms with Gasteiger partial charge in [-0.1, -0.05) is 37.2 Å². The third-order valence-electron chi connectivity index (χ3n) is 5.72. The van der Waals surface area contributed by atoms with Crippen molar-refractivity contribution >= 4 is 27.3 Å². The standard InChI is InChI=1S/C22H25N3O4S2/c1-3-16(2)17-6-8-18(9-7-17)31(27,28)25-12-10-24(11-13-25)22(26)19-15-20(29-23-19)21-5-4-14-30-21/h4-9,14-16H,3,10-13H2,1-2H3/t16-/m1/s1. The summed E-state index contributed by atoms with van der Waals surface area (Å²) in [7, 11) is -3.59. The van der Waals surface area contributed by atoms with Crippen LogP contribution in [0.4, 0.5) is 0 Å². The van der Waals surface area contributed by atoms with Gasteiger partial charge in [-0.2, -0.15) is 4.31 Å². The Morgan fingerprint density at radius 1 is 1.16 bits per heavy atom. The van der Waals surface area contributed by atoms with E-state index < -0.39 is 10.0 Å². The van der Waals surface area contributed by atoms with Gasteiger partial charge in [-0.3, -0.25) is 4.79 Å². The lowest BCUT2D eigenvalue weighted by molar-refractivity contribution is 0.0687. The summed E-state index contributed by atoms with van der Waals surface area (Å²) in [5.41, 5.74) is 1.37. The zero-order valence-corrected chi connectivity index (χ0v) is 19.2. The minimum absolute atomic E-state index is 0.236. The molecule has 0 spiro atoms. The van der Waals surface area contributed by atoms with E-state index in [2.05, 4.69) is 19.0 Å². The molecule has 31 heavy (non-hydrogen) atoms. The molecule has 9 heteroatoms. The fourth-order valence-corrected chi connectivity index (χ4v) is 5.65. The second kappa shape index (κ2) is 8.94. The summed E-state index contributed by atoms with van der Waals surface area (Å²) < 4.78 is 32.8. The number of rotatable bonds is 6. The topological polar surface area (TPSA) is 83.7 Å². The summed E-state index contributed by atoms with van der Waals surface area (Å²) in [4.78, 5) is 15.6. The molecular weight excluding hydrogens is 434 g/mol. The molecule has 0 radical (unpaired) electrons. The predicted octanol–water partition coefficient (Wildman–Crippen LogP) is 4.06. The summed E-state index contributed by atoms with van der Waals surface area (Å²) >= 11 is 1.51. The molecule has 1 aromatic carbocycles. The molecule has 1 aliphatic heterocycles. The number of hydrogen-bond acceptors (Lipinski definition) is 6. The van der Waals surface area contributed by atoms with Crippen molar-refractivity contribution in [3.63, 3.8) is 0 Å². The van der Waals surface area contributed by atoms with Crippen LogP contribution in [0, 0.1) is 0 Å². The predicted molar refractivity (Wildman–Crippen MR) is 120 cm³/mol. The Morgan fingerprint density at radius 3 is 2.48 bits per heavy atom. The fraction of sp³-hybridized carbons (Fsp3) is 0.364. The van der Waals surface area contributed by atoms with Gasteiger partial charge in [-0.25, -0.2) is 8.42 Å². The molecule has 2 aromatic heterocycles. The average Bonchev–Trinajstić information content (AvgIpc) is 3.50. The lowest BCUT2D eigenvalue weighted by atomic mass is 9.99. The average molecular weight is 460 g/mol. The van der Waals surface area contributed by atoms with Crippen LogP contribution in [0.5, 0.6) is 0 Å². The second-order valence-corrected chi connectivity index (χ2v) is 10.5. The number of amides is 1. The van der Waals surface area contributed by atoms with Crippen LogP contribution in [0.3, 0.4) is 0 Å². The molecule has 1 atom stereocenters. The smallest absolute Gasteiger partial charge is 0.276 e. The molecule has 1 saturated heterocycles. The highest BCUT2D eigenvalue weighted by molar-refractivity contribution is 7.89. The number of sulfonamides is 1. The Morgan fingerprint density at radius 2 is 1.87 bits per heavy atom. The summed E-state index contributed by atoms with van der Waals surface area (Å²) in [6.45, 7) is 5.35. The molecule has 1 aliphatic rings. The molecule has 1 fully saturated rings. The molecule has 3 aromatic rings. The molecule has 4 rings (SSSR count). The summed E-state index contributed by atoms with van der Waals surface area (Å²) in [6, 6.07) is 12.6. The van der Waals surface area contributed by atoms with E-state index in [0.717, 1.165) is 16.9 Å². The molecule has 7 nitrogen and oxygen atoms in total. The fourth-order valence-electron chi connectivity index (χ4n) is 3.56. The number of carbonyl (C=O) groups is 1. The van der Waals surface area contributed by atoms with Crippen molar-refractivity contribution in [3.05, 3.63) is 59.1 Å². The van der Waals surface area contributed by atoms with Gasteiger partial charge in [-0.15, -0.1) is 11.3 Å². The van der Waals surface area contributed by atoms with Gasteiger partial charge in [0.1, 0.15) is 0 Å². The summed E-state index contributed by atoms with van der Waals surface area (Å²) in [5, 5.41) is 5.83. The van der Waals surface area contributed by atoms with Gasteiger partial charge in [0.15, 0.2) is 11.5 Å². The molecular formula is C22H25N3O4S2. The van der Waals surface area contributed by atoms with Crippen LogP contribution in [0.25, 0.3) is 10.6 Å². The highest BCUT2D eigenvalue weighted by Crippen LogP contribution is 2.26. The SMILES string of the molecule is CC[C@@H](C)c1ccc(S(=O)(=O)N2CCN(C(=O)c3cc(-c4cccs4)on3)CC2)cc1. The molecule has 164 valence electrons. The maximum atomic E-state index is 13.0. The number of hydrogen-bond donors (Lipinski definition) is 0. The molecule has 0 N–H and O–H groups in total. The first kappa shape index (κ1) is 21.7. The Labute approximate surface area is 186 Å². The van der Waals surface area contributed by atoms with Crippen molar-refractivity contribution < 1.29 is 17.7 Å². The first-order valence-electron chi connectivity index (χ1n) is 10.3. The quantitative estimate of drug-likeness (QED) is 0.555. The van der Waals surface area contributed by atoms with Crippen molar-refractivity contribution in [2.75, 3.05) is 26.2 Å². The van der Waals surface area contributed by atoms with Gasteiger partial charge in [-0.05, 0) is 41.5 Å². The van der Waals surface area contributed by atoms with Gasteiger partial charge >= 0.3 is 0 Å². The van der Waals surface area contributed by atoms with E-state index in [-0.39, 0.29) is 29.6 Å². The monoisotopic (exact) mass is 459 g/mol. The van der Waals surface area contributed by atoms with Crippen LogP contribution in [0.2, 0.25) is 0 Å². The number of thiophene rings is 1. The third kappa shape index (κ3) is 4.44. The van der Waals surface area contributed by atoms with E-state index in [9.17, 15) is 13.2 Å². The van der Waals surface area contributed by atoms with Gasteiger partial charge in [0, 0.05) is 32.2 Å². The second-order valence-electron chi connectivity index (χ2n) is 7.63. The van der Waals surface area contributed by atoms with Crippen molar-refractivity contribution in [2.24, 2.45) is 0 Å². The van der Waals surface area contributed by atoms with Crippen molar-refractivity contribution in [2.45, 2.75) is 31.1 Å². The van der Waals surface area contributed by atoms with E-state index in [1.807, 2.05) is 29.6 Å². The molecule has 1 amide bonds. The van der Waals surface area contributed by atoms with E-state index in [0.29, 0.717) is 24.8 Å². The number of aromatic nitrogens is 1. The molecule has 0 unspecified atom stereocenters. The van der Waals surface area contributed by atoms with Crippen LogP contribution >= 0.6 is 11.3 Å². The highest BCUT2D eigenvalue weighted by atomic mass is 32.2. The first-order chi connectivity index (χ1) is 14.9. The number of benzene rings is 1. The van der Waals surface area contributed by atoms with Gasteiger partial charge < -0.3 is 9.42 Å². The van der Waals surface area contributed by atoms with E-state index >= 15 is 0 Å². The van der Waals surface area contributed by atoms with Gasteiger partial charge in [0.25, 0.3) is 5.91 Å². The summed E-state index contributed by atoms with van der Waals surface area (Å²) in [5.74, 6) is 0.699.